The number of hydrogen-bond donors (Lipinski definition) is 1. The minimum absolute atomic E-state index is 0.00909. The largest absolute Gasteiger partial charge is 0.399 e. The Bertz CT molecular complexity index is 860. The predicted octanol–water partition coefficient (Wildman–Crippen LogP) is 5.24. The van der Waals surface area contributed by atoms with Gasteiger partial charge in [-0.3, -0.25) is 0 Å². The van der Waals surface area contributed by atoms with E-state index >= 15 is 0 Å². The van der Waals surface area contributed by atoms with Crippen LogP contribution in [0.25, 0.3) is 22.3 Å². The Morgan fingerprint density at radius 1 is 0.727 bits per heavy atom. The Hall–Kier alpha value is -2.54. The fourth-order valence-electron chi connectivity index (χ4n) is 3.68. The summed E-state index contributed by atoms with van der Waals surface area (Å²) in [6, 6.07) is 23.5. The molecule has 0 bridgehead atoms. The highest BCUT2D eigenvalue weighted by Crippen LogP contribution is 2.52. The minimum Gasteiger partial charge on any atom is -0.399 e. The number of benzene rings is 3. The lowest BCUT2D eigenvalue weighted by atomic mass is 9.81. The van der Waals surface area contributed by atoms with Crippen LogP contribution in [0, 0.1) is 0 Å². The molecule has 1 nitrogen and oxygen atoms in total. The van der Waals surface area contributed by atoms with Crippen molar-refractivity contribution in [1.29, 1.82) is 0 Å². The van der Waals surface area contributed by atoms with Gasteiger partial charge in [-0.1, -0.05) is 68.4 Å². The van der Waals surface area contributed by atoms with E-state index in [1.165, 1.54) is 33.4 Å². The third-order valence-electron chi connectivity index (χ3n) is 4.79. The van der Waals surface area contributed by atoms with Crippen molar-refractivity contribution in [3.8, 4) is 22.3 Å². The van der Waals surface area contributed by atoms with Gasteiger partial charge in [0, 0.05) is 11.1 Å². The Morgan fingerprint density at radius 2 is 1.41 bits per heavy atom. The number of fused-ring (bicyclic) bond motifs is 3. The van der Waals surface area contributed by atoms with Crippen molar-refractivity contribution in [2.75, 3.05) is 5.73 Å². The Labute approximate surface area is 131 Å². The maximum Gasteiger partial charge on any atom is 0.0323 e. The van der Waals surface area contributed by atoms with E-state index in [1.54, 1.807) is 0 Å². The number of nitrogen functional groups attached to an aromatic ring is 1. The van der Waals surface area contributed by atoms with Gasteiger partial charge in [0.15, 0.2) is 0 Å². The first-order valence-electron chi connectivity index (χ1n) is 7.68. The summed E-state index contributed by atoms with van der Waals surface area (Å²) in [7, 11) is 0. The van der Waals surface area contributed by atoms with Gasteiger partial charge >= 0.3 is 0 Å². The van der Waals surface area contributed by atoms with Crippen LogP contribution in [0.2, 0.25) is 0 Å². The van der Waals surface area contributed by atoms with Gasteiger partial charge in [-0.2, -0.15) is 0 Å². The van der Waals surface area contributed by atoms with Crippen LogP contribution >= 0.6 is 0 Å². The molecule has 0 aromatic heterocycles. The summed E-state index contributed by atoms with van der Waals surface area (Å²) in [5, 5.41) is 0. The first-order valence-corrected chi connectivity index (χ1v) is 7.68. The van der Waals surface area contributed by atoms with E-state index in [0.29, 0.717) is 0 Å². The molecule has 1 aliphatic rings. The highest BCUT2D eigenvalue weighted by atomic mass is 14.6. The molecule has 2 N–H and O–H groups in total. The zero-order valence-corrected chi connectivity index (χ0v) is 12.9. The van der Waals surface area contributed by atoms with E-state index in [9.17, 15) is 0 Å². The highest BCUT2D eigenvalue weighted by Gasteiger charge is 2.36. The summed E-state index contributed by atoms with van der Waals surface area (Å²) in [4.78, 5) is 0. The normalized spacial score (nSPS) is 14.5. The minimum atomic E-state index is -0.00909. The molecule has 108 valence electrons. The maximum atomic E-state index is 6.22. The lowest BCUT2D eigenvalue weighted by Gasteiger charge is -2.22. The third kappa shape index (κ3) is 1.72. The van der Waals surface area contributed by atoms with Gasteiger partial charge in [-0.05, 0) is 45.5 Å². The second-order valence-electron chi connectivity index (χ2n) is 6.53. The molecule has 3 aromatic rings. The van der Waals surface area contributed by atoms with Crippen molar-refractivity contribution >= 4 is 5.69 Å². The van der Waals surface area contributed by atoms with Gasteiger partial charge < -0.3 is 5.73 Å². The summed E-state index contributed by atoms with van der Waals surface area (Å²) in [5.74, 6) is 0. The van der Waals surface area contributed by atoms with E-state index in [0.717, 1.165) is 5.69 Å². The van der Waals surface area contributed by atoms with Crippen LogP contribution in [-0.2, 0) is 5.41 Å². The van der Waals surface area contributed by atoms with Crippen molar-refractivity contribution in [3.05, 3.63) is 77.9 Å². The topological polar surface area (TPSA) is 26.0 Å². The zero-order valence-electron chi connectivity index (χ0n) is 12.9. The molecular formula is C21H19N. The van der Waals surface area contributed by atoms with E-state index in [2.05, 4.69) is 74.5 Å². The summed E-state index contributed by atoms with van der Waals surface area (Å²) < 4.78 is 0. The fraction of sp³-hybridized carbons (Fsp3) is 0.143. The average molecular weight is 285 g/mol. The maximum absolute atomic E-state index is 6.22. The molecule has 0 saturated heterocycles. The van der Waals surface area contributed by atoms with Crippen LogP contribution in [0.1, 0.15) is 25.0 Å². The second kappa shape index (κ2) is 4.48. The fourth-order valence-corrected chi connectivity index (χ4v) is 3.68. The van der Waals surface area contributed by atoms with Crippen molar-refractivity contribution < 1.29 is 0 Å². The molecule has 0 heterocycles. The monoisotopic (exact) mass is 285 g/mol. The Morgan fingerprint density at radius 3 is 2.18 bits per heavy atom. The van der Waals surface area contributed by atoms with Crippen molar-refractivity contribution in [2.45, 2.75) is 19.3 Å². The molecule has 0 spiro atoms. The Balaban J connectivity index is 2.11. The highest BCUT2D eigenvalue weighted by molar-refractivity contribution is 5.94. The van der Waals surface area contributed by atoms with E-state index in [4.69, 9.17) is 5.73 Å². The van der Waals surface area contributed by atoms with Crippen LogP contribution < -0.4 is 5.73 Å². The van der Waals surface area contributed by atoms with Crippen LogP contribution in [0.15, 0.2) is 66.7 Å². The SMILES string of the molecule is CC1(C)c2ccccc2-c2c(-c3ccccc3)cc(N)cc21. The van der Waals surface area contributed by atoms with E-state index in [-0.39, 0.29) is 5.41 Å². The number of hydrogen-bond acceptors (Lipinski definition) is 1. The smallest absolute Gasteiger partial charge is 0.0323 e. The molecule has 22 heavy (non-hydrogen) atoms. The first-order chi connectivity index (χ1) is 10.6. The third-order valence-corrected chi connectivity index (χ3v) is 4.79. The lowest BCUT2D eigenvalue weighted by Crippen LogP contribution is -2.15. The molecule has 0 atom stereocenters. The number of nitrogens with two attached hydrogens (primary N) is 1. The Kier molecular flexibility index (Phi) is 2.67. The van der Waals surface area contributed by atoms with E-state index in [1.807, 2.05) is 6.07 Å². The molecule has 0 fully saturated rings. The van der Waals surface area contributed by atoms with Crippen LogP contribution in [0.5, 0.6) is 0 Å². The second-order valence-corrected chi connectivity index (χ2v) is 6.53. The predicted molar refractivity (Wildman–Crippen MR) is 93.9 cm³/mol. The molecule has 3 aromatic carbocycles. The molecule has 1 heteroatoms. The molecule has 0 radical (unpaired) electrons. The quantitative estimate of drug-likeness (QED) is 0.608. The summed E-state index contributed by atoms with van der Waals surface area (Å²) in [6.45, 7) is 4.57. The van der Waals surface area contributed by atoms with Crippen LogP contribution in [0.4, 0.5) is 5.69 Å². The van der Waals surface area contributed by atoms with Gasteiger partial charge in [0.1, 0.15) is 0 Å². The first kappa shape index (κ1) is 13.1. The molecule has 1 aliphatic carbocycles. The van der Waals surface area contributed by atoms with Gasteiger partial charge in [0.05, 0.1) is 0 Å². The molecule has 0 unspecified atom stereocenters. The van der Waals surface area contributed by atoms with Gasteiger partial charge in [-0.15, -0.1) is 0 Å². The average Bonchev–Trinajstić information content (AvgIpc) is 2.76. The van der Waals surface area contributed by atoms with E-state index < -0.39 is 0 Å². The van der Waals surface area contributed by atoms with Gasteiger partial charge in [0.25, 0.3) is 0 Å². The zero-order chi connectivity index (χ0) is 15.3. The summed E-state index contributed by atoms with van der Waals surface area (Å²) >= 11 is 0. The molecule has 0 aliphatic heterocycles. The number of rotatable bonds is 1. The van der Waals surface area contributed by atoms with Gasteiger partial charge in [-0.25, -0.2) is 0 Å². The summed E-state index contributed by atoms with van der Waals surface area (Å²) in [5.41, 5.74) is 14.9. The molecule has 0 amide bonds. The molecule has 4 rings (SSSR count). The van der Waals surface area contributed by atoms with Crippen LogP contribution in [0.3, 0.4) is 0 Å². The van der Waals surface area contributed by atoms with Gasteiger partial charge in [0.2, 0.25) is 0 Å². The number of anilines is 1. The standard InChI is InChI=1S/C21H19N/c1-21(2)18-11-7-6-10-16(18)20-17(12-15(22)13-19(20)21)14-8-4-3-5-9-14/h3-13H,22H2,1-2H3. The lowest BCUT2D eigenvalue weighted by molar-refractivity contribution is 0.661. The summed E-state index contributed by atoms with van der Waals surface area (Å²) in [6.07, 6.45) is 0. The van der Waals surface area contributed by atoms with Crippen molar-refractivity contribution in [2.24, 2.45) is 0 Å². The molecular weight excluding hydrogens is 266 g/mol. The molecule has 0 saturated carbocycles. The van der Waals surface area contributed by atoms with Crippen molar-refractivity contribution in [1.82, 2.24) is 0 Å². The van der Waals surface area contributed by atoms with Crippen LogP contribution in [-0.4, -0.2) is 0 Å². The van der Waals surface area contributed by atoms with Crippen molar-refractivity contribution in [3.63, 3.8) is 0 Å².